The number of epoxide rings is 1. The molecule has 274 valence electrons. The van der Waals surface area contributed by atoms with Crippen molar-refractivity contribution >= 4 is 17.7 Å². The highest BCUT2D eigenvalue weighted by Crippen LogP contribution is 2.74. The van der Waals surface area contributed by atoms with Crippen LogP contribution in [0.3, 0.4) is 0 Å². The van der Waals surface area contributed by atoms with Crippen molar-refractivity contribution < 1.29 is 56.7 Å². The van der Waals surface area contributed by atoms with Crippen LogP contribution in [0.5, 0.6) is 0 Å². The summed E-state index contributed by atoms with van der Waals surface area (Å²) in [6.07, 6.45) is -2.78. The first-order valence-corrected chi connectivity index (χ1v) is 17.7. The third kappa shape index (κ3) is 4.25. The van der Waals surface area contributed by atoms with E-state index in [1.54, 1.807) is 20.8 Å². The Hall–Kier alpha value is -2.80. The average Bonchev–Trinajstić information content (AvgIpc) is 3.72. The van der Waals surface area contributed by atoms with Crippen LogP contribution in [-0.2, 0) is 38.9 Å². The van der Waals surface area contributed by atoms with E-state index in [1.165, 1.54) is 30.4 Å². The molecule has 12 heteroatoms. The Kier molecular flexibility index (Phi) is 7.90. The van der Waals surface area contributed by atoms with Crippen LogP contribution >= 0.6 is 0 Å². The predicted molar refractivity (Wildman–Crippen MR) is 171 cm³/mol. The summed E-state index contributed by atoms with van der Waals surface area (Å²) in [6.45, 7) is 9.04. The number of rotatable bonds is 6. The number of fused-ring (bicyclic) bond motifs is 4. The summed E-state index contributed by atoms with van der Waals surface area (Å²) in [4.78, 5) is 40.4. The highest BCUT2D eigenvalue weighted by atomic mass is 19.4. The number of carbonyl (C=O) groups excluding carboxylic acids is 3. The van der Waals surface area contributed by atoms with Crippen LogP contribution in [-0.4, -0.2) is 76.3 Å². The molecule has 0 radical (unpaired) electrons. The van der Waals surface area contributed by atoms with Gasteiger partial charge in [-0.3, -0.25) is 9.59 Å². The van der Waals surface area contributed by atoms with Crippen LogP contribution in [0.15, 0.2) is 42.5 Å². The molecule has 2 saturated heterocycles. The average molecular weight is 705 g/mol. The minimum absolute atomic E-state index is 0.0409. The van der Waals surface area contributed by atoms with Crippen molar-refractivity contribution in [3.8, 4) is 0 Å². The van der Waals surface area contributed by atoms with Gasteiger partial charge < -0.3 is 29.2 Å². The lowest BCUT2D eigenvalue weighted by Gasteiger charge is -2.61. The molecule has 2 heterocycles. The predicted octanol–water partition coefficient (Wildman–Crippen LogP) is 5.20. The molecule has 50 heavy (non-hydrogen) atoms. The molecule has 2 aliphatic heterocycles. The molecule has 6 aliphatic rings. The molecule has 3 saturated carbocycles. The highest BCUT2D eigenvalue weighted by Gasteiger charge is 2.83. The van der Waals surface area contributed by atoms with Gasteiger partial charge in [-0.15, -0.1) is 0 Å². The van der Waals surface area contributed by atoms with Gasteiger partial charge in [-0.05, 0) is 88.2 Å². The van der Waals surface area contributed by atoms with Crippen LogP contribution in [0.25, 0.3) is 0 Å². The van der Waals surface area contributed by atoms with Crippen molar-refractivity contribution in [1.29, 1.82) is 0 Å². The molecule has 0 aromatic heterocycles. The fourth-order valence-corrected chi connectivity index (χ4v) is 11.4. The molecule has 14 atom stereocenters. The topological polar surface area (TPSA) is 132 Å². The summed E-state index contributed by atoms with van der Waals surface area (Å²) in [7, 11) is 0.810. The van der Waals surface area contributed by atoms with Crippen LogP contribution in [0.1, 0.15) is 78.7 Å². The van der Waals surface area contributed by atoms with Crippen molar-refractivity contribution in [3.05, 3.63) is 48.0 Å². The van der Waals surface area contributed by atoms with Gasteiger partial charge in [0.2, 0.25) is 0 Å². The first kappa shape index (κ1) is 35.6. The molecule has 5 fully saturated rings. The van der Waals surface area contributed by atoms with E-state index < -0.39 is 75.2 Å². The molecular formula is C38H47F3O9. The number of hydrogen-bond acceptors (Lipinski definition) is 9. The van der Waals surface area contributed by atoms with E-state index in [4.69, 9.17) is 18.9 Å². The molecule has 0 amide bonds. The van der Waals surface area contributed by atoms with Gasteiger partial charge in [-0.25, -0.2) is 4.79 Å². The Morgan fingerprint density at radius 1 is 1.02 bits per heavy atom. The quantitative estimate of drug-likeness (QED) is 0.303. The second-order valence-electron chi connectivity index (χ2n) is 16.4. The number of alkyl halides is 3. The number of carbonyl (C=O) groups is 3. The number of benzene rings is 1. The third-order valence-corrected chi connectivity index (χ3v) is 14.7. The minimum atomic E-state index is -5.17. The monoisotopic (exact) mass is 704 g/mol. The Morgan fingerprint density at radius 2 is 1.68 bits per heavy atom. The molecule has 7 rings (SSSR count). The molecule has 9 nitrogen and oxygen atoms in total. The van der Waals surface area contributed by atoms with Crippen molar-refractivity contribution in [2.75, 3.05) is 7.11 Å². The summed E-state index contributed by atoms with van der Waals surface area (Å²) < 4.78 is 67.1. The maximum atomic E-state index is 14.8. The smallest absolute Gasteiger partial charge is 0.432 e. The van der Waals surface area contributed by atoms with Crippen LogP contribution in [0.4, 0.5) is 13.2 Å². The third-order valence-electron chi connectivity index (χ3n) is 14.7. The molecular weight excluding hydrogens is 657 g/mol. The lowest BCUT2D eigenvalue weighted by Crippen LogP contribution is -2.70. The van der Waals surface area contributed by atoms with Gasteiger partial charge >= 0.3 is 18.1 Å². The number of ether oxygens (including phenoxy) is 4. The molecule has 1 unspecified atom stereocenters. The number of ketones is 1. The summed E-state index contributed by atoms with van der Waals surface area (Å²) >= 11 is 0. The van der Waals surface area contributed by atoms with Crippen molar-refractivity contribution in [2.45, 2.75) is 120 Å². The standard InChI is InChI=1S/C38H47F3O9/c1-20-18-28(48-30(43)21(20)2)34(5,45)35(46)17-15-24-23-19-29-37(50-29)27(13-12-26(42)33(37,4)25(23)14-16-32(24,35)3)49-31(44)36(47-6,38(39,40)41)22-10-8-7-9-11-22/h7-13,20-21,23-25,27-29,45-46H,14-19H2,1-6H3/t20-,21+,23-,24-,25-,27-,28?,29+,32-,33-,34-,35+,36+,37+/m0/s1. The van der Waals surface area contributed by atoms with Gasteiger partial charge in [-0.1, -0.05) is 51.1 Å². The van der Waals surface area contributed by atoms with Gasteiger partial charge in [0.1, 0.15) is 22.9 Å². The Bertz CT molecular complexity index is 1610. The zero-order chi connectivity index (χ0) is 36.4. The summed E-state index contributed by atoms with van der Waals surface area (Å²) in [5.41, 5.74) is -10.6. The summed E-state index contributed by atoms with van der Waals surface area (Å²) in [6, 6.07) is 6.59. The van der Waals surface area contributed by atoms with E-state index in [-0.39, 0.29) is 41.8 Å². The second-order valence-corrected chi connectivity index (χ2v) is 16.4. The molecule has 1 aromatic rings. The van der Waals surface area contributed by atoms with Crippen molar-refractivity contribution in [1.82, 2.24) is 0 Å². The highest BCUT2D eigenvalue weighted by molar-refractivity contribution is 5.98. The largest absolute Gasteiger partial charge is 0.459 e. The van der Waals surface area contributed by atoms with Gasteiger partial charge in [0.25, 0.3) is 5.60 Å². The lowest BCUT2D eigenvalue weighted by atomic mass is 9.43. The summed E-state index contributed by atoms with van der Waals surface area (Å²) in [5, 5.41) is 24.7. The van der Waals surface area contributed by atoms with Crippen LogP contribution in [0, 0.1) is 40.4 Å². The van der Waals surface area contributed by atoms with E-state index in [0.29, 0.717) is 32.1 Å². The normalized spacial score (nSPS) is 45.9. The number of cyclic esters (lactones) is 1. The first-order valence-electron chi connectivity index (χ1n) is 17.7. The van der Waals surface area contributed by atoms with E-state index in [1.807, 2.05) is 13.8 Å². The van der Waals surface area contributed by atoms with Gasteiger partial charge in [0.15, 0.2) is 11.9 Å². The van der Waals surface area contributed by atoms with Gasteiger partial charge in [0, 0.05) is 18.1 Å². The first-order chi connectivity index (χ1) is 23.3. The number of halogens is 3. The second kappa shape index (κ2) is 11.1. The Labute approximate surface area is 289 Å². The Morgan fingerprint density at radius 3 is 2.30 bits per heavy atom. The van der Waals surface area contributed by atoms with Crippen molar-refractivity contribution in [2.24, 2.45) is 40.4 Å². The van der Waals surface area contributed by atoms with Gasteiger partial charge in [0.05, 0.1) is 17.4 Å². The number of allylic oxidation sites excluding steroid dienone is 1. The minimum Gasteiger partial charge on any atom is -0.459 e. The molecule has 0 bridgehead atoms. The molecule has 1 aromatic carbocycles. The van der Waals surface area contributed by atoms with E-state index >= 15 is 0 Å². The maximum Gasteiger partial charge on any atom is 0.432 e. The fourth-order valence-electron chi connectivity index (χ4n) is 11.4. The zero-order valence-electron chi connectivity index (χ0n) is 29.3. The number of methoxy groups -OCH3 is 1. The molecule has 2 N–H and O–H groups in total. The lowest BCUT2D eigenvalue weighted by molar-refractivity contribution is -0.279. The van der Waals surface area contributed by atoms with Crippen LogP contribution in [0.2, 0.25) is 0 Å². The zero-order valence-corrected chi connectivity index (χ0v) is 29.3. The van der Waals surface area contributed by atoms with Crippen LogP contribution < -0.4 is 0 Å². The number of esters is 2. The van der Waals surface area contributed by atoms with E-state index in [0.717, 1.165) is 19.2 Å². The van der Waals surface area contributed by atoms with E-state index in [9.17, 15) is 37.8 Å². The maximum absolute atomic E-state index is 14.8. The Balaban J connectivity index is 1.19. The molecule has 1 spiro atoms. The van der Waals surface area contributed by atoms with E-state index in [2.05, 4.69) is 0 Å². The molecule has 4 aliphatic carbocycles. The summed E-state index contributed by atoms with van der Waals surface area (Å²) in [5.74, 6) is -3.24. The number of aliphatic hydroxyl groups is 2. The number of hydrogen-bond donors (Lipinski definition) is 2. The van der Waals surface area contributed by atoms with Crippen molar-refractivity contribution in [3.63, 3.8) is 0 Å². The van der Waals surface area contributed by atoms with Gasteiger partial charge in [-0.2, -0.15) is 13.2 Å². The fraction of sp³-hybridized carbons (Fsp3) is 0.711. The SMILES string of the molecule is CO[C@@](C(=O)O[C@H]1C=CC(=O)[C@]2(C)[C@H]3CC[C@@]4(C)[C@@H](CC[C@]4(O)[C@@](C)(O)C4C[C@H](C)[C@@H](C)C(=O)O4)[C@@H]3C[C@H]3O[C@]132)(c1ccccc1)C(F)(F)F.